The molecule has 26 heavy (non-hydrogen) atoms. The average molecular weight is 396 g/mol. The number of aryl methyl sites for hydroxylation is 1. The van der Waals surface area contributed by atoms with Gasteiger partial charge in [-0.25, -0.2) is 4.79 Å². The first-order valence-corrected chi connectivity index (χ1v) is 9.21. The molecule has 1 heterocycles. The number of ether oxygens (including phenoxy) is 1. The van der Waals surface area contributed by atoms with Gasteiger partial charge < -0.3 is 10.1 Å². The van der Waals surface area contributed by atoms with Crippen LogP contribution in [0.1, 0.15) is 19.4 Å². The molecule has 1 N–H and O–H groups in total. The lowest BCUT2D eigenvalue weighted by molar-refractivity contribution is -0.143. The number of nitrogens with one attached hydrogen (secondary N) is 1. The Bertz CT molecular complexity index is 807. The smallest absolute Gasteiger partial charge is 0.367 e. The van der Waals surface area contributed by atoms with E-state index >= 15 is 0 Å². The molecule has 1 unspecified atom stereocenters. The summed E-state index contributed by atoms with van der Waals surface area (Å²) in [6, 6.07) is 4.49. The Hall–Kier alpha value is -2.19. The summed E-state index contributed by atoms with van der Waals surface area (Å²) in [6.07, 6.45) is 0. The number of halogens is 1. The first-order chi connectivity index (χ1) is 12.3. The lowest BCUT2D eigenvalue weighted by atomic mass is 10.1. The number of carbonyl (C=O) groups excluding carboxylic acids is 3. The molecule has 2 rings (SSSR count). The molecule has 0 aliphatic carbocycles. The van der Waals surface area contributed by atoms with Crippen molar-refractivity contribution in [2.45, 2.75) is 20.8 Å². The molecule has 1 aliphatic rings. The highest BCUT2D eigenvalue weighted by atomic mass is 35.5. The van der Waals surface area contributed by atoms with Gasteiger partial charge in [-0.3, -0.25) is 9.59 Å². The second-order valence-electron chi connectivity index (χ2n) is 5.47. The zero-order valence-electron chi connectivity index (χ0n) is 14.5. The zero-order valence-corrected chi connectivity index (χ0v) is 16.1. The van der Waals surface area contributed by atoms with Gasteiger partial charge in [0.05, 0.1) is 17.4 Å². The van der Waals surface area contributed by atoms with E-state index in [0.29, 0.717) is 16.4 Å². The van der Waals surface area contributed by atoms with E-state index in [2.05, 4.69) is 15.3 Å². The van der Waals surface area contributed by atoms with Crippen molar-refractivity contribution in [1.82, 2.24) is 0 Å². The number of anilines is 1. The van der Waals surface area contributed by atoms with E-state index in [-0.39, 0.29) is 23.3 Å². The highest BCUT2D eigenvalue weighted by Crippen LogP contribution is 2.23. The predicted molar refractivity (Wildman–Crippen MR) is 103 cm³/mol. The van der Waals surface area contributed by atoms with Crippen molar-refractivity contribution in [3.63, 3.8) is 0 Å². The molecule has 3 amide bonds. The maximum absolute atomic E-state index is 12.2. The highest BCUT2D eigenvalue weighted by molar-refractivity contribution is 8.14. The molecule has 0 saturated heterocycles. The standard InChI is InChI=1S/C17H18ClN3O4S/c1-4-25-16(23)14-10(3)19-17(24)21-15(14)26-8-13(22)20-11-6-5-9(2)12(18)7-11/h5-7,14H,4,8H2,1-3H3,(H,20,22). The van der Waals surface area contributed by atoms with Gasteiger partial charge in [-0.2, -0.15) is 9.98 Å². The minimum atomic E-state index is -0.862. The Morgan fingerprint density at radius 3 is 2.69 bits per heavy atom. The van der Waals surface area contributed by atoms with Crippen LogP contribution in [0.5, 0.6) is 0 Å². The van der Waals surface area contributed by atoms with Crippen LogP contribution in [0.15, 0.2) is 28.2 Å². The summed E-state index contributed by atoms with van der Waals surface area (Å²) >= 11 is 7.04. The van der Waals surface area contributed by atoms with Gasteiger partial charge in [-0.05, 0) is 38.5 Å². The van der Waals surface area contributed by atoms with Gasteiger partial charge in [0.2, 0.25) is 5.91 Å². The minimum Gasteiger partial charge on any atom is -0.465 e. The molecule has 138 valence electrons. The van der Waals surface area contributed by atoms with E-state index in [4.69, 9.17) is 16.3 Å². The Balaban J connectivity index is 2.03. The first-order valence-electron chi connectivity index (χ1n) is 7.85. The lowest BCUT2D eigenvalue weighted by Crippen LogP contribution is -2.34. The van der Waals surface area contributed by atoms with Gasteiger partial charge in [-0.1, -0.05) is 29.4 Å². The normalized spacial score (nSPS) is 16.6. The third kappa shape index (κ3) is 5.15. The average Bonchev–Trinajstić information content (AvgIpc) is 2.56. The quantitative estimate of drug-likeness (QED) is 0.769. The fourth-order valence-electron chi connectivity index (χ4n) is 2.20. The van der Waals surface area contributed by atoms with Crippen LogP contribution >= 0.6 is 23.4 Å². The van der Waals surface area contributed by atoms with Crippen LogP contribution in [0.3, 0.4) is 0 Å². The Labute approximate surface area is 160 Å². The van der Waals surface area contributed by atoms with Gasteiger partial charge in [-0.15, -0.1) is 0 Å². The van der Waals surface area contributed by atoms with Gasteiger partial charge >= 0.3 is 12.0 Å². The number of aliphatic imine (C=N–C) groups is 2. The zero-order chi connectivity index (χ0) is 19.3. The third-order valence-corrected chi connectivity index (χ3v) is 4.91. The number of hydrogen-bond donors (Lipinski definition) is 1. The molecule has 0 saturated carbocycles. The molecule has 0 bridgehead atoms. The Kier molecular flexibility index (Phi) is 6.93. The van der Waals surface area contributed by atoms with E-state index < -0.39 is 17.9 Å². The molecule has 0 radical (unpaired) electrons. The molecule has 1 aromatic carbocycles. The monoisotopic (exact) mass is 395 g/mol. The number of amides is 3. The molecule has 0 fully saturated rings. The highest BCUT2D eigenvalue weighted by Gasteiger charge is 2.33. The fraction of sp³-hybridized carbons (Fsp3) is 0.353. The number of thioether (sulfide) groups is 1. The van der Waals surface area contributed by atoms with Crippen molar-refractivity contribution in [3.05, 3.63) is 28.8 Å². The van der Waals surface area contributed by atoms with Crippen LogP contribution in [0.2, 0.25) is 5.02 Å². The molecule has 9 heteroatoms. The van der Waals surface area contributed by atoms with Crippen molar-refractivity contribution in [2.75, 3.05) is 17.7 Å². The van der Waals surface area contributed by atoms with E-state index in [1.165, 1.54) is 0 Å². The summed E-state index contributed by atoms with van der Waals surface area (Å²) in [5.41, 5.74) is 1.77. The van der Waals surface area contributed by atoms with Crippen LogP contribution in [-0.4, -0.2) is 41.0 Å². The molecule has 1 atom stereocenters. The number of urea groups is 1. The summed E-state index contributed by atoms with van der Waals surface area (Å²) in [4.78, 5) is 43.3. The SMILES string of the molecule is CCOC(=O)C1C(C)=NC(=O)N=C1SCC(=O)Nc1ccc(C)c(Cl)c1. The molecule has 7 nitrogen and oxygen atoms in total. The molecular formula is C17H18ClN3O4S. The van der Waals surface area contributed by atoms with Gasteiger partial charge in [0.25, 0.3) is 0 Å². The van der Waals surface area contributed by atoms with Crippen molar-refractivity contribution in [2.24, 2.45) is 15.9 Å². The molecular weight excluding hydrogens is 378 g/mol. The van der Waals surface area contributed by atoms with E-state index in [1.54, 1.807) is 32.0 Å². The van der Waals surface area contributed by atoms with Crippen molar-refractivity contribution >= 4 is 57.7 Å². The van der Waals surface area contributed by atoms with Crippen molar-refractivity contribution in [1.29, 1.82) is 0 Å². The van der Waals surface area contributed by atoms with Crippen LogP contribution in [0.4, 0.5) is 10.5 Å². The third-order valence-electron chi connectivity index (χ3n) is 3.47. The van der Waals surface area contributed by atoms with Gasteiger partial charge in [0, 0.05) is 16.4 Å². The summed E-state index contributed by atoms with van der Waals surface area (Å²) in [5, 5.41) is 3.47. The lowest BCUT2D eigenvalue weighted by Gasteiger charge is -2.19. The molecule has 1 aliphatic heterocycles. The number of hydrogen-bond acceptors (Lipinski definition) is 5. The van der Waals surface area contributed by atoms with Gasteiger partial charge in [0.15, 0.2) is 0 Å². The minimum absolute atomic E-state index is 0.0270. The molecule has 0 spiro atoms. The first kappa shape index (κ1) is 20.1. The maximum Gasteiger partial charge on any atom is 0.367 e. The van der Waals surface area contributed by atoms with Crippen molar-refractivity contribution in [3.8, 4) is 0 Å². The predicted octanol–water partition coefficient (Wildman–Crippen LogP) is 3.49. The fourth-order valence-corrected chi connectivity index (χ4v) is 3.31. The van der Waals surface area contributed by atoms with Gasteiger partial charge in [0.1, 0.15) is 5.92 Å². The number of carbonyl (C=O) groups is 3. The van der Waals surface area contributed by atoms with E-state index in [9.17, 15) is 14.4 Å². The molecule has 1 aromatic rings. The Morgan fingerprint density at radius 2 is 2.04 bits per heavy atom. The summed E-state index contributed by atoms with van der Waals surface area (Å²) in [6.45, 7) is 5.30. The maximum atomic E-state index is 12.2. The number of rotatable bonds is 5. The number of esters is 1. The van der Waals surface area contributed by atoms with Crippen molar-refractivity contribution < 1.29 is 19.1 Å². The summed E-state index contributed by atoms with van der Waals surface area (Å²) in [5.74, 6) is -1.74. The summed E-state index contributed by atoms with van der Waals surface area (Å²) < 4.78 is 5.00. The van der Waals surface area contributed by atoms with Crippen LogP contribution < -0.4 is 5.32 Å². The summed E-state index contributed by atoms with van der Waals surface area (Å²) in [7, 11) is 0. The van der Waals surface area contributed by atoms with E-state index in [1.807, 2.05) is 6.92 Å². The largest absolute Gasteiger partial charge is 0.465 e. The Morgan fingerprint density at radius 1 is 1.31 bits per heavy atom. The van der Waals surface area contributed by atoms with Crippen LogP contribution in [-0.2, 0) is 14.3 Å². The van der Waals surface area contributed by atoms with Crippen LogP contribution in [0, 0.1) is 12.8 Å². The number of benzene rings is 1. The second kappa shape index (κ2) is 8.95. The second-order valence-corrected chi connectivity index (χ2v) is 6.87. The topological polar surface area (TPSA) is 97.2 Å². The number of nitrogens with zero attached hydrogens (tertiary/aromatic N) is 2. The van der Waals surface area contributed by atoms with Crippen LogP contribution in [0.25, 0.3) is 0 Å². The molecule has 0 aromatic heterocycles. The van der Waals surface area contributed by atoms with E-state index in [0.717, 1.165) is 17.3 Å².